The van der Waals surface area contributed by atoms with Gasteiger partial charge in [0, 0.05) is 52.4 Å². The first kappa shape index (κ1) is 25.4. The number of piperidine rings is 1. The standard InChI is InChI=1S/C23H39N5O.HI/c1-19-7-6-10-28(17-19)20(2)15-25-23(24-3)26-16-21-8-4-5-9-22(21)18-27-11-13-29-14-12-27;/h4-5,8-9,19-20H,6-7,10-18H2,1-3H3,(H2,24,25,26);1H. The molecule has 0 spiro atoms. The molecular formula is C23H40IN5O. The van der Waals surface area contributed by atoms with Crippen LogP contribution in [0.25, 0.3) is 0 Å². The van der Waals surface area contributed by atoms with Gasteiger partial charge in [-0.1, -0.05) is 31.2 Å². The normalized spacial score (nSPS) is 22.2. The highest BCUT2D eigenvalue weighted by Gasteiger charge is 2.21. The van der Waals surface area contributed by atoms with Crippen LogP contribution in [0, 0.1) is 5.92 Å². The third-order valence-corrected chi connectivity index (χ3v) is 6.16. The summed E-state index contributed by atoms with van der Waals surface area (Å²) in [4.78, 5) is 9.50. The van der Waals surface area contributed by atoms with E-state index in [9.17, 15) is 0 Å². The molecular weight excluding hydrogens is 489 g/mol. The van der Waals surface area contributed by atoms with Crippen molar-refractivity contribution in [2.24, 2.45) is 10.9 Å². The first-order valence-electron chi connectivity index (χ1n) is 11.2. The summed E-state index contributed by atoms with van der Waals surface area (Å²) in [7, 11) is 1.85. The second-order valence-corrected chi connectivity index (χ2v) is 8.56. The Morgan fingerprint density at radius 2 is 1.90 bits per heavy atom. The molecule has 0 aliphatic carbocycles. The summed E-state index contributed by atoms with van der Waals surface area (Å²) in [6.07, 6.45) is 2.68. The fourth-order valence-corrected chi connectivity index (χ4v) is 4.28. The fourth-order valence-electron chi connectivity index (χ4n) is 4.28. The molecule has 0 radical (unpaired) electrons. The zero-order chi connectivity index (χ0) is 20.5. The van der Waals surface area contributed by atoms with Crippen LogP contribution < -0.4 is 10.6 Å². The minimum absolute atomic E-state index is 0. The van der Waals surface area contributed by atoms with Crippen LogP contribution in [0.1, 0.15) is 37.8 Å². The number of ether oxygens (including phenoxy) is 1. The largest absolute Gasteiger partial charge is 0.379 e. The van der Waals surface area contributed by atoms with Crippen molar-refractivity contribution >= 4 is 29.9 Å². The van der Waals surface area contributed by atoms with Gasteiger partial charge in [0.2, 0.25) is 0 Å². The molecule has 0 saturated carbocycles. The minimum atomic E-state index is 0. The summed E-state index contributed by atoms with van der Waals surface area (Å²) in [5.74, 6) is 1.69. The van der Waals surface area contributed by atoms with Gasteiger partial charge in [-0.3, -0.25) is 14.8 Å². The van der Waals surface area contributed by atoms with Gasteiger partial charge in [0.1, 0.15) is 0 Å². The number of nitrogens with one attached hydrogen (secondary N) is 2. The van der Waals surface area contributed by atoms with Crippen molar-refractivity contribution < 1.29 is 4.74 Å². The molecule has 7 heteroatoms. The van der Waals surface area contributed by atoms with Crippen LogP contribution >= 0.6 is 24.0 Å². The molecule has 2 heterocycles. The Morgan fingerprint density at radius 1 is 1.17 bits per heavy atom. The second-order valence-electron chi connectivity index (χ2n) is 8.56. The van der Waals surface area contributed by atoms with Crippen LogP contribution in [-0.2, 0) is 17.8 Å². The number of aliphatic imine (C=N–C) groups is 1. The molecule has 2 fully saturated rings. The third-order valence-electron chi connectivity index (χ3n) is 6.16. The van der Waals surface area contributed by atoms with E-state index >= 15 is 0 Å². The maximum atomic E-state index is 5.48. The molecule has 1 aromatic carbocycles. The zero-order valence-electron chi connectivity index (χ0n) is 18.9. The lowest BCUT2D eigenvalue weighted by Crippen LogP contribution is -2.48. The van der Waals surface area contributed by atoms with Crippen LogP contribution in [0.2, 0.25) is 0 Å². The molecule has 2 unspecified atom stereocenters. The van der Waals surface area contributed by atoms with Crippen molar-refractivity contribution in [2.45, 2.75) is 45.8 Å². The maximum absolute atomic E-state index is 5.48. The molecule has 3 rings (SSSR count). The van der Waals surface area contributed by atoms with Crippen molar-refractivity contribution in [3.05, 3.63) is 35.4 Å². The van der Waals surface area contributed by atoms with Crippen LogP contribution in [0.15, 0.2) is 29.3 Å². The van der Waals surface area contributed by atoms with Gasteiger partial charge >= 0.3 is 0 Å². The highest BCUT2D eigenvalue weighted by atomic mass is 127. The number of hydrogen-bond donors (Lipinski definition) is 2. The quantitative estimate of drug-likeness (QED) is 0.323. The Hall–Kier alpha value is -0.900. The molecule has 2 N–H and O–H groups in total. The lowest BCUT2D eigenvalue weighted by molar-refractivity contribution is 0.0341. The number of hydrogen-bond acceptors (Lipinski definition) is 4. The summed E-state index contributed by atoms with van der Waals surface area (Å²) >= 11 is 0. The SMILES string of the molecule is CN=C(NCc1ccccc1CN1CCOCC1)NCC(C)N1CCCC(C)C1.I. The Balaban J connectivity index is 0.00000320. The minimum Gasteiger partial charge on any atom is -0.379 e. The van der Waals surface area contributed by atoms with E-state index in [4.69, 9.17) is 4.74 Å². The molecule has 2 atom stereocenters. The van der Waals surface area contributed by atoms with Gasteiger partial charge in [-0.2, -0.15) is 0 Å². The van der Waals surface area contributed by atoms with Gasteiger partial charge in [-0.25, -0.2) is 0 Å². The molecule has 2 aliphatic heterocycles. The number of morpholine rings is 1. The Bertz CT molecular complexity index is 650. The summed E-state index contributed by atoms with van der Waals surface area (Å²) in [5.41, 5.74) is 2.72. The van der Waals surface area contributed by atoms with Gasteiger partial charge in [0.05, 0.1) is 13.2 Å². The molecule has 170 valence electrons. The van der Waals surface area contributed by atoms with E-state index in [-0.39, 0.29) is 24.0 Å². The Labute approximate surface area is 199 Å². The highest BCUT2D eigenvalue weighted by molar-refractivity contribution is 14.0. The first-order chi connectivity index (χ1) is 14.2. The molecule has 0 amide bonds. The van der Waals surface area contributed by atoms with E-state index in [2.05, 4.69) is 63.5 Å². The number of halogens is 1. The number of benzene rings is 1. The summed E-state index contributed by atoms with van der Waals surface area (Å²) < 4.78 is 5.48. The van der Waals surface area contributed by atoms with Gasteiger partial charge in [-0.15, -0.1) is 24.0 Å². The van der Waals surface area contributed by atoms with Crippen molar-refractivity contribution in [1.82, 2.24) is 20.4 Å². The predicted molar refractivity (Wildman–Crippen MR) is 136 cm³/mol. The maximum Gasteiger partial charge on any atom is 0.191 e. The van der Waals surface area contributed by atoms with E-state index < -0.39 is 0 Å². The Kier molecular flexibility index (Phi) is 11.4. The summed E-state index contributed by atoms with van der Waals surface area (Å²) in [5, 5.41) is 7.03. The molecule has 30 heavy (non-hydrogen) atoms. The third kappa shape index (κ3) is 7.98. The van der Waals surface area contributed by atoms with Gasteiger partial charge < -0.3 is 15.4 Å². The molecule has 2 saturated heterocycles. The molecule has 2 aliphatic rings. The van der Waals surface area contributed by atoms with E-state index in [1.165, 1.54) is 37.1 Å². The fraction of sp³-hybridized carbons (Fsp3) is 0.696. The van der Waals surface area contributed by atoms with E-state index in [1.807, 2.05) is 7.05 Å². The molecule has 1 aromatic rings. The number of nitrogens with zero attached hydrogens (tertiary/aromatic N) is 3. The lowest BCUT2D eigenvalue weighted by Gasteiger charge is -2.35. The number of rotatable bonds is 7. The number of likely N-dealkylation sites (tertiary alicyclic amines) is 1. The van der Waals surface area contributed by atoms with Crippen LogP contribution in [-0.4, -0.2) is 74.8 Å². The van der Waals surface area contributed by atoms with E-state index in [1.54, 1.807) is 0 Å². The first-order valence-corrected chi connectivity index (χ1v) is 11.2. The number of guanidine groups is 1. The monoisotopic (exact) mass is 529 g/mol. The Morgan fingerprint density at radius 3 is 2.60 bits per heavy atom. The zero-order valence-corrected chi connectivity index (χ0v) is 21.2. The average molecular weight is 530 g/mol. The van der Waals surface area contributed by atoms with Crippen LogP contribution in [0.5, 0.6) is 0 Å². The topological polar surface area (TPSA) is 52.1 Å². The van der Waals surface area contributed by atoms with Gasteiger partial charge in [0.15, 0.2) is 5.96 Å². The van der Waals surface area contributed by atoms with Crippen LogP contribution in [0.3, 0.4) is 0 Å². The van der Waals surface area contributed by atoms with Gasteiger partial charge in [0.25, 0.3) is 0 Å². The molecule has 0 bridgehead atoms. The van der Waals surface area contributed by atoms with Crippen molar-refractivity contribution in [3.63, 3.8) is 0 Å². The molecule has 6 nitrogen and oxygen atoms in total. The molecule has 0 aromatic heterocycles. The smallest absolute Gasteiger partial charge is 0.191 e. The average Bonchev–Trinajstić information content (AvgIpc) is 2.75. The van der Waals surface area contributed by atoms with Gasteiger partial charge in [-0.05, 0) is 43.4 Å². The lowest BCUT2D eigenvalue weighted by atomic mass is 9.99. The summed E-state index contributed by atoms with van der Waals surface area (Å²) in [6.45, 7) is 13.5. The second kappa shape index (κ2) is 13.5. The van der Waals surface area contributed by atoms with Crippen molar-refractivity contribution in [1.29, 1.82) is 0 Å². The summed E-state index contributed by atoms with van der Waals surface area (Å²) in [6, 6.07) is 9.23. The highest BCUT2D eigenvalue weighted by Crippen LogP contribution is 2.17. The van der Waals surface area contributed by atoms with E-state index in [0.29, 0.717) is 6.04 Å². The predicted octanol–water partition coefficient (Wildman–Crippen LogP) is 2.92. The van der Waals surface area contributed by atoms with Crippen molar-refractivity contribution in [2.75, 3.05) is 53.0 Å². The van der Waals surface area contributed by atoms with Crippen molar-refractivity contribution in [3.8, 4) is 0 Å². The van der Waals surface area contributed by atoms with Crippen LogP contribution in [0.4, 0.5) is 0 Å². The van der Waals surface area contributed by atoms with E-state index in [0.717, 1.165) is 57.8 Å².